The van der Waals surface area contributed by atoms with E-state index in [1.165, 1.54) is 5.56 Å². The lowest BCUT2D eigenvalue weighted by Gasteiger charge is -2.04. The zero-order chi connectivity index (χ0) is 16.2. The van der Waals surface area contributed by atoms with E-state index in [2.05, 4.69) is 23.5 Å². The summed E-state index contributed by atoms with van der Waals surface area (Å²) in [6.45, 7) is 4.61. The SMILES string of the molecule is Cc1ccc2oc(C(=O)NCCCc3ccccc3)c(C)c2c1. The van der Waals surface area contributed by atoms with Crippen LogP contribution in [0.25, 0.3) is 11.0 Å². The van der Waals surface area contributed by atoms with Gasteiger partial charge in [0.15, 0.2) is 5.76 Å². The summed E-state index contributed by atoms with van der Waals surface area (Å²) in [5.74, 6) is 0.287. The second kappa shape index (κ2) is 6.69. The number of amides is 1. The number of carbonyl (C=O) groups is 1. The molecule has 0 bridgehead atoms. The van der Waals surface area contributed by atoms with E-state index in [1.807, 2.05) is 44.2 Å². The third kappa shape index (κ3) is 3.45. The molecule has 3 nitrogen and oxygen atoms in total. The summed E-state index contributed by atoms with van der Waals surface area (Å²) in [5.41, 5.74) is 4.13. The Morgan fingerprint density at radius 3 is 2.65 bits per heavy atom. The Balaban J connectivity index is 1.61. The normalized spacial score (nSPS) is 10.9. The highest BCUT2D eigenvalue weighted by atomic mass is 16.3. The highest BCUT2D eigenvalue weighted by molar-refractivity contribution is 5.99. The van der Waals surface area contributed by atoms with Gasteiger partial charge in [0, 0.05) is 17.5 Å². The van der Waals surface area contributed by atoms with Crippen molar-refractivity contribution >= 4 is 16.9 Å². The molecule has 118 valence electrons. The molecule has 3 heteroatoms. The molecule has 2 aromatic carbocycles. The largest absolute Gasteiger partial charge is 0.451 e. The lowest BCUT2D eigenvalue weighted by molar-refractivity contribution is 0.0927. The van der Waals surface area contributed by atoms with Crippen molar-refractivity contribution in [2.24, 2.45) is 0 Å². The molecule has 0 spiro atoms. The molecule has 0 atom stereocenters. The zero-order valence-corrected chi connectivity index (χ0v) is 13.6. The lowest BCUT2D eigenvalue weighted by Crippen LogP contribution is -2.24. The summed E-state index contributed by atoms with van der Waals surface area (Å²) in [6.07, 6.45) is 1.87. The minimum Gasteiger partial charge on any atom is -0.451 e. The fourth-order valence-corrected chi connectivity index (χ4v) is 2.77. The van der Waals surface area contributed by atoms with Crippen LogP contribution in [0, 0.1) is 13.8 Å². The number of hydrogen-bond acceptors (Lipinski definition) is 2. The second-order valence-electron chi connectivity index (χ2n) is 5.90. The molecule has 0 saturated carbocycles. The van der Waals surface area contributed by atoms with Gasteiger partial charge in [-0.1, -0.05) is 42.0 Å². The minimum atomic E-state index is -0.135. The standard InChI is InChI=1S/C20H21NO2/c1-14-10-11-18-17(13-14)15(2)19(23-18)20(22)21-12-6-9-16-7-4-3-5-8-16/h3-5,7-8,10-11,13H,6,9,12H2,1-2H3,(H,21,22). The summed E-state index contributed by atoms with van der Waals surface area (Å²) < 4.78 is 5.72. The smallest absolute Gasteiger partial charge is 0.287 e. The number of benzene rings is 2. The van der Waals surface area contributed by atoms with Crippen LogP contribution in [0.3, 0.4) is 0 Å². The molecule has 1 N–H and O–H groups in total. The average Bonchev–Trinajstić information content (AvgIpc) is 2.89. The van der Waals surface area contributed by atoms with Gasteiger partial charge in [-0.05, 0) is 44.4 Å². The highest BCUT2D eigenvalue weighted by Crippen LogP contribution is 2.26. The Bertz CT molecular complexity index is 818. The first-order valence-electron chi connectivity index (χ1n) is 7.97. The number of aryl methyl sites for hydroxylation is 3. The topological polar surface area (TPSA) is 42.2 Å². The molecular weight excluding hydrogens is 286 g/mol. The number of fused-ring (bicyclic) bond motifs is 1. The van der Waals surface area contributed by atoms with Crippen LogP contribution < -0.4 is 5.32 Å². The van der Waals surface area contributed by atoms with Crippen LogP contribution in [0.5, 0.6) is 0 Å². The lowest BCUT2D eigenvalue weighted by atomic mass is 10.1. The molecule has 0 radical (unpaired) electrons. The quantitative estimate of drug-likeness (QED) is 0.709. The Hall–Kier alpha value is -2.55. The Morgan fingerprint density at radius 1 is 1.09 bits per heavy atom. The van der Waals surface area contributed by atoms with Gasteiger partial charge in [0.05, 0.1) is 0 Å². The molecule has 0 aliphatic heterocycles. The van der Waals surface area contributed by atoms with Gasteiger partial charge in [0.1, 0.15) is 5.58 Å². The maximum atomic E-state index is 12.3. The van der Waals surface area contributed by atoms with Crippen molar-refractivity contribution in [3.63, 3.8) is 0 Å². The molecule has 0 unspecified atom stereocenters. The van der Waals surface area contributed by atoms with E-state index in [0.717, 1.165) is 34.9 Å². The molecule has 3 aromatic rings. The van der Waals surface area contributed by atoms with Crippen molar-refractivity contribution in [3.05, 3.63) is 71.0 Å². The van der Waals surface area contributed by atoms with Gasteiger partial charge in [-0.25, -0.2) is 0 Å². The van der Waals surface area contributed by atoms with Crippen LogP contribution in [-0.4, -0.2) is 12.5 Å². The summed E-state index contributed by atoms with van der Waals surface area (Å²) in [7, 11) is 0. The van der Waals surface area contributed by atoms with Crippen LogP contribution in [0.4, 0.5) is 0 Å². The fourth-order valence-electron chi connectivity index (χ4n) is 2.77. The van der Waals surface area contributed by atoms with E-state index in [0.29, 0.717) is 12.3 Å². The predicted octanol–water partition coefficient (Wildman–Crippen LogP) is 4.41. The Kier molecular flexibility index (Phi) is 4.47. The van der Waals surface area contributed by atoms with E-state index in [1.54, 1.807) is 0 Å². The molecule has 1 aromatic heterocycles. The van der Waals surface area contributed by atoms with Crippen LogP contribution >= 0.6 is 0 Å². The molecule has 1 heterocycles. The maximum absolute atomic E-state index is 12.3. The number of hydrogen-bond donors (Lipinski definition) is 1. The van der Waals surface area contributed by atoms with Gasteiger partial charge in [0.25, 0.3) is 5.91 Å². The average molecular weight is 307 g/mol. The fraction of sp³-hybridized carbons (Fsp3) is 0.250. The van der Waals surface area contributed by atoms with Gasteiger partial charge >= 0.3 is 0 Å². The van der Waals surface area contributed by atoms with Gasteiger partial charge < -0.3 is 9.73 Å². The summed E-state index contributed by atoms with van der Waals surface area (Å²) in [5, 5.41) is 3.97. The Morgan fingerprint density at radius 2 is 1.87 bits per heavy atom. The van der Waals surface area contributed by atoms with Crippen molar-refractivity contribution in [1.29, 1.82) is 0 Å². The van der Waals surface area contributed by atoms with Crippen LogP contribution in [0.1, 0.15) is 33.7 Å². The Labute approximate surface area is 136 Å². The first-order chi connectivity index (χ1) is 11.1. The first kappa shape index (κ1) is 15.3. The molecule has 0 aliphatic rings. The number of nitrogens with one attached hydrogen (secondary N) is 1. The van der Waals surface area contributed by atoms with Crippen molar-refractivity contribution < 1.29 is 9.21 Å². The zero-order valence-electron chi connectivity index (χ0n) is 13.6. The second-order valence-corrected chi connectivity index (χ2v) is 5.90. The molecule has 0 fully saturated rings. The number of rotatable bonds is 5. The van der Waals surface area contributed by atoms with Crippen LogP contribution in [0.2, 0.25) is 0 Å². The molecule has 1 amide bonds. The predicted molar refractivity (Wildman–Crippen MR) is 92.8 cm³/mol. The van der Waals surface area contributed by atoms with Gasteiger partial charge in [0.2, 0.25) is 0 Å². The van der Waals surface area contributed by atoms with E-state index < -0.39 is 0 Å². The van der Waals surface area contributed by atoms with E-state index in [4.69, 9.17) is 4.42 Å². The third-order valence-corrected chi connectivity index (χ3v) is 4.07. The third-order valence-electron chi connectivity index (χ3n) is 4.07. The minimum absolute atomic E-state index is 0.135. The van der Waals surface area contributed by atoms with Crippen LogP contribution in [0.15, 0.2) is 52.9 Å². The van der Waals surface area contributed by atoms with E-state index in [-0.39, 0.29) is 5.91 Å². The number of furan rings is 1. The van der Waals surface area contributed by atoms with Crippen molar-refractivity contribution in [3.8, 4) is 0 Å². The molecule has 0 aliphatic carbocycles. The van der Waals surface area contributed by atoms with E-state index >= 15 is 0 Å². The summed E-state index contributed by atoms with van der Waals surface area (Å²) in [6, 6.07) is 16.3. The van der Waals surface area contributed by atoms with Gasteiger partial charge in [-0.3, -0.25) is 4.79 Å². The molecular formula is C20H21NO2. The monoisotopic (exact) mass is 307 g/mol. The summed E-state index contributed by atoms with van der Waals surface area (Å²) >= 11 is 0. The maximum Gasteiger partial charge on any atom is 0.287 e. The van der Waals surface area contributed by atoms with Crippen molar-refractivity contribution in [1.82, 2.24) is 5.32 Å². The van der Waals surface area contributed by atoms with Crippen molar-refractivity contribution in [2.75, 3.05) is 6.54 Å². The van der Waals surface area contributed by atoms with Gasteiger partial charge in [-0.2, -0.15) is 0 Å². The number of carbonyl (C=O) groups excluding carboxylic acids is 1. The highest BCUT2D eigenvalue weighted by Gasteiger charge is 2.17. The summed E-state index contributed by atoms with van der Waals surface area (Å²) in [4.78, 5) is 12.3. The van der Waals surface area contributed by atoms with Crippen LogP contribution in [-0.2, 0) is 6.42 Å². The van der Waals surface area contributed by atoms with E-state index in [9.17, 15) is 4.79 Å². The first-order valence-corrected chi connectivity index (χ1v) is 7.97. The molecule has 23 heavy (non-hydrogen) atoms. The van der Waals surface area contributed by atoms with Crippen molar-refractivity contribution in [2.45, 2.75) is 26.7 Å². The van der Waals surface area contributed by atoms with Gasteiger partial charge in [-0.15, -0.1) is 0 Å². The molecule has 3 rings (SSSR count). The molecule has 0 saturated heterocycles.